The van der Waals surface area contributed by atoms with Crippen LogP contribution in [0.15, 0.2) is 29.4 Å². The highest BCUT2D eigenvalue weighted by Gasteiger charge is 2.16. The Labute approximate surface area is 148 Å². The molecule has 136 valence electrons. The van der Waals surface area contributed by atoms with Crippen LogP contribution in [0.25, 0.3) is 0 Å². The summed E-state index contributed by atoms with van der Waals surface area (Å²) in [7, 11) is 0. The van der Waals surface area contributed by atoms with Crippen LogP contribution in [0.3, 0.4) is 0 Å². The lowest BCUT2D eigenvalue weighted by Gasteiger charge is -2.28. The average Bonchev–Trinajstić information content (AvgIpc) is 3.07. The van der Waals surface area contributed by atoms with Gasteiger partial charge in [-0.05, 0) is 31.2 Å². The second-order valence-corrected chi connectivity index (χ2v) is 6.53. The summed E-state index contributed by atoms with van der Waals surface area (Å²) in [5.41, 5.74) is 2.69. The zero-order valence-electron chi connectivity index (χ0n) is 14.6. The minimum absolute atomic E-state index is 0.173. The van der Waals surface area contributed by atoms with Crippen LogP contribution in [0.1, 0.15) is 23.7 Å². The third-order valence-electron chi connectivity index (χ3n) is 4.48. The van der Waals surface area contributed by atoms with Gasteiger partial charge in [0.1, 0.15) is 0 Å². The fourth-order valence-electron chi connectivity index (χ4n) is 3.00. The Kier molecular flexibility index (Phi) is 6.01. The van der Waals surface area contributed by atoms with Crippen molar-refractivity contribution in [3.8, 4) is 0 Å². The van der Waals surface area contributed by atoms with Gasteiger partial charge in [-0.3, -0.25) is 14.7 Å². The molecule has 2 aliphatic heterocycles. The molecule has 2 heterocycles. The Morgan fingerprint density at radius 2 is 2.00 bits per heavy atom. The summed E-state index contributed by atoms with van der Waals surface area (Å²) in [5.74, 6) is -0.173. The van der Waals surface area contributed by atoms with E-state index in [1.165, 1.54) is 0 Å². The zero-order chi connectivity index (χ0) is 17.6. The van der Waals surface area contributed by atoms with Crippen molar-refractivity contribution < 1.29 is 14.6 Å². The van der Waals surface area contributed by atoms with Crippen LogP contribution in [-0.2, 0) is 4.74 Å². The molecule has 0 aliphatic carbocycles. The van der Waals surface area contributed by atoms with Crippen molar-refractivity contribution >= 4 is 17.3 Å². The van der Waals surface area contributed by atoms with Crippen LogP contribution in [0.2, 0.25) is 0 Å². The molecule has 0 radical (unpaired) electrons. The van der Waals surface area contributed by atoms with Crippen LogP contribution >= 0.6 is 0 Å². The first kappa shape index (κ1) is 17.8. The standard InChI is InChI=1S/C18H26N4O3/c1-14-6-7-22(20-14)16-4-2-15(3-5-16)18(24)19-12-17(23)13-21-8-10-25-11-9-21/h2-5,17,23H,6-13H2,1H3,(H,19,24). The van der Waals surface area contributed by atoms with E-state index in [-0.39, 0.29) is 12.5 Å². The molecule has 0 spiro atoms. The predicted octanol–water partition coefficient (Wildman–Crippen LogP) is 0.695. The van der Waals surface area contributed by atoms with E-state index < -0.39 is 6.10 Å². The number of nitrogens with zero attached hydrogens (tertiary/aromatic N) is 3. The molecule has 7 nitrogen and oxygen atoms in total. The van der Waals surface area contributed by atoms with E-state index in [0.29, 0.717) is 25.3 Å². The van der Waals surface area contributed by atoms with Gasteiger partial charge in [0.2, 0.25) is 0 Å². The van der Waals surface area contributed by atoms with Gasteiger partial charge in [0, 0.05) is 50.4 Å². The fourth-order valence-corrected chi connectivity index (χ4v) is 3.00. The summed E-state index contributed by atoms with van der Waals surface area (Å²) >= 11 is 0. The number of carbonyl (C=O) groups excluding carboxylic acids is 1. The quantitative estimate of drug-likeness (QED) is 0.793. The zero-order valence-corrected chi connectivity index (χ0v) is 14.6. The Balaban J connectivity index is 1.46. The molecule has 25 heavy (non-hydrogen) atoms. The summed E-state index contributed by atoms with van der Waals surface area (Å²) in [6, 6.07) is 7.40. The number of nitrogens with one attached hydrogen (secondary N) is 1. The van der Waals surface area contributed by atoms with Gasteiger partial charge in [-0.25, -0.2) is 0 Å². The maximum absolute atomic E-state index is 12.2. The van der Waals surface area contributed by atoms with Crippen molar-refractivity contribution in [3.63, 3.8) is 0 Å². The van der Waals surface area contributed by atoms with E-state index >= 15 is 0 Å². The first-order chi connectivity index (χ1) is 12.1. The molecular weight excluding hydrogens is 320 g/mol. The molecule has 1 aromatic rings. The molecule has 7 heteroatoms. The van der Waals surface area contributed by atoms with Gasteiger partial charge in [-0.15, -0.1) is 0 Å². The number of hydrogen-bond donors (Lipinski definition) is 2. The summed E-state index contributed by atoms with van der Waals surface area (Å²) in [5, 5.41) is 19.3. The summed E-state index contributed by atoms with van der Waals surface area (Å²) in [6.45, 7) is 6.74. The molecule has 1 amide bonds. The Bertz CT molecular complexity index is 611. The minimum atomic E-state index is -0.580. The number of β-amino-alcohol motifs (C(OH)–C–C–N with tert-alkyl or cyclic N) is 1. The number of morpholine rings is 1. The normalized spacial score (nSPS) is 19.6. The lowest BCUT2D eigenvalue weighted by molar-refractivity contribution is 0.0149. The van der Waals surface area contributed by atoms with E-state index in [9.17, 15) is 9.90 Å². The third kappa shape index (κ3) is 5.01. The van der Waals surface area contributed by atoms with E-state index in [1.807, 2.05) is 24.1 Å². The van der Waals surface area contributed by atoms with E-state index in [1.54, 1.807) is 12.1 Å². The Hall–Kier alpha value is -1.96. The van der Waals surface area contributed by atoms with Gasteiger partial charge >= 0.3 is 0 Å². The molecule has 0 bridgehead atoms. The SMILES string of the molecule is CC1=NN(c2ccc(C(=O)NCC(O)CN3CCOCC3)cc2)CC1. The van der Waals surface area contributed by atoms with Gasteiger partial charge in [0.25, 0.3) is 5.91 Å². The molecular formula is C18H26N4O3. The molecule has 1 unspecified atom stereocenters. The van der Waals surface area contributed by atoms with Crippen molar-refractivity contribution in [2.75, 3.05) is 50.9 Å². The summed E-state index contributed by atoms with van der Waals surface area (Å²) in [4.78, 5) is 14.4. The van der Waals surface area contributed by atoms with Gasteiger partial charge in [-0.1, -0.05) is 0 Å². The van der Waals surface area contributed by atoms with Crippen LogP contribution < -0.4 is 10.3 Å². The van der Waals surface area contributed by atoms with Gasteiger partial charge in [0.05, 0.1) is 25.0 Å². The second kappa shape index (κ2) is 8.42. The number of amides is 1. The van der Waals surface area contributed by atoms with Crippen molar-refractivity contribution in [2.45, 2.75) is 19.4 Å². The lowest BCUT2D eigenvalue weighted by atomic mass is 10.2. The molecule has 2 aliphatic rings. The van der Waals surface area contributed by atoms with Gasteiger partial charge < -0.3 is 15.2 Å². The molecule has 3 rings (SSSR count). The predicted molar refractivity (Wildman–Crippen MR) is 97.1 cm³/mol. The van der Waals surface area contributed by atoms with Crippen molar-refractivity contribution in [1.82, 2.24) is 10.2 Å². The lowest BCUT2D eigenvalue weighted by Crippen LogP contribution is -2.44. The monoisotopic (exact) mass is 346 g/mol. The highest BCUT2D eigenvalue weighted by molar-refractivity contribution is 5.94. The highest BCUT2D eigenvalue weighted by Crippen LogP contribution is 2.19. The van der Waals surface area contributed by atoms with Crippen molar-refractivity contribution in [2.24, 2.45) is 5.10 Å². The largest absolute Gasteiger partial charge is 0.390 e. The topological polar surface area (TPSA) is 77.4 Å². The molecule has 2 N–H and O–H groups in total. The molecule has 1 aromatic carbocycles. The number of aliphatic hydroxyl groups is 1. The number of benzene rings is 1. The molecule has 1 fully saturated rings. The van der Waals surface area contributed by atoms with Crippen LogP contribution in [-0.4, -0.2) is 73.7 Å². The molecule has 0 aromatic heterocycles. The first-order valence-corrected chi connectivity index (χ1v) is 8.80. The maximum Gasteiger partial charge on any atom is 0.251 e. The Morgan fingerprint density at radius 1 is 1.28 bits per heavy atom. The molecule has 1 atom stereocenters. The third-order valence-corrected chi connectivity index (χ3v) is 4.48. The number of anilines is 1. The summed E-state index contributed by atoms with van der Waals surface area (Å²) < 4.78 is 5.29. The molecule has 1 saturated heterocycles. The number of ether oxygens (including phenoxy) is 1. The van der Waals surface area contributed by atoms with Crippen molar-refractivity contribution in [1.29, 1.82) is 0 Å². The summed E-state index contributed by atoms with van der Waals surface area (Å²) in [6.07, 6.45) is 0.395. The minimum Gasteiger partial charge on any atom is -0.390 e. The van der Waals surface area contributed by atoms with Crippen molar-refractivity contribution in [3.05, 3.63) is 29.8 Å². The van der Waals surface area contributed by atoms with Gasteiger partial charge in [-0.2, -0.15) is 5.10 Å². The highest BCUT2D eigenvalue weighted by atomic mass is 16.5. The number of hydrogen-bond acceptors (Lipinski definition) is 6. The van der Waals surface area contributed by atoms with E-state index in [0.717, 1.165) is 37.5 Å². The van der Waals surface area contributed by atoms with Crippen LogP contribution in [0.5, 0.6) is 0 Å². The number of aliphatic hydroxyl groups excluding tert-OH is 1. The first-order valence-electron chi connectivity index (χ1n) is 8.80. The average molecular weight is 346 g/mol. The van der Waals surface area contributed by atoms with E-state index in [2.05, 4.69) is 15.3 Å². The molecule has 0 saturated carbocycles. The smallest absolute Gasteiger partial charge is 0.251 e. The van der Waals surface area contributed by atoms with Gasteiger partial charge in [0.15, 0.2) is 0 Å². The van der Waals surface area contributed by atoms with E-state index in [4.69, 9.17) is 4.74 Å². The maximum atomic E-state index is 12.2. The van der Waals surface area contributed by atoms with Crippen LogP contribution in [0, 0.1) is 0 Å². The fraction of sp³-hybridized carbons (Fsp3) is 0.556. The second-order valence-electron chi connectivity index (χ2n) is 6.53. The number of hydrazone groups is 1. The number of rotatable bonds is 6. The number of carbonyl (C=O) groups is 1. The Morgan fingerprint density at radius 3 is 2.64 bits per heavy atom. The van der Waals surface area contributed by atoms with Crippen LogP contribution in [0.4, 0.5) is 5.69 Å².